The Labute approximate surface area is 136 Å². The summed E-state index contributed by atoms with van der Waals surface area (Å²) in [5, 5.41) is 4.94. The molecule has 2 N–H and O–H groups in total. The van der Waals surface area contributed by atoms with Gasteiger partial charge in [0.2, 0.25) is 15.9 Å². The van der Waals surface area contributed by atoms with E-state index in [9.17, 15) is 13.2 Å². The number of nitrogens with zero attached hydrogens (tertiary/aromatic N) is 1. The third-order valence-electron chi connectivity index (χ3n) is 3.72. The number of sulfonamides is 1. The summed E-state index contributed by atoms with van der Waals surface area (Å²) in [4.78, 5) is 13.0. The first kappa shape index (κ1) is 21.1. The van der Waals surface area contributed by atoms with Gasteiger partial charge in [-0.2, -0.15) is 0 Å². The van der Waals surface area contributed by atoms with Gasteiger partial charge in [-0.3, -0.25) is 4.79 Å². The number of rotatable bonds is 14. The molecule has 0 heterocycles. The van der Waals surface area contributed by atoms with E-state index in [1.54, 1.807) is 11.9 Å². The molecule has 0 saturated carbocycles. The van der Waals surface area contributed by atoms with Gasteiger partial charge in [-0.1, -0.05) is 57.9 Å². The second-order valence-corrected chi connectivity index (χ2v) is 7.60. The van der Waals surface area contributed by atoms with Gasteiger partial charge in [0.1, 0.15) is 0 Å². The Morgan fingerprint density at radius 1 is 0.955 bits per heavy atom. The van der Waals surface area contributed by atoms with Crippen LogP contribution in [0.5, 0.6) is 0 Å². The fraction of sp³-hybridized carbons (Fsp3) is 0.812. The number of hydrogen-bond acceptors (Lipinski definition) is 3. The van der Waals surface area contributed by atoms with Crippen molar-refractivity contribution in [2.45, 2.75) is 64.2 Å². The Bertz CT molecular complexity index is 408. The highest BCUT2D eigenvalue weighted by Crippen LogP contribution is 2.11. The Balaban J connectivity index is 3.24. The molecule has 0 aromatic rings. The minimum absolute atomic E-state index is 0.0116. The number of amides is 1. The average Bonchev–Trinajstić information content (AvgIpc) is 2.46. The van der Waals surface area contributed by atoms with Gasteiger partial charge in [-0.05, 0) is 18.9 Å². The fourth-order valence-corrected chi connectivity index (χ4v) is 2.94. The van der Waals surface area contributed by atoms with E-state index in [1.165, 1.54) is 38.2 Å². The smallest absolute Gasteiger partial charge is 0.245 e. The molecule has 0 spiro atoms. The van der Waals surface area contributed by atoms with Crippen molar-refractivity contribution in [1.82, 2.24) is 4.90 Å². The van der Waals surface area contributed by atoms with Gasteiger partial charge in [0.05, 0.1) is 5.75 Å². The van der Waals surface area contributed by atoms with Gasteiger partial charge in [-0.15, -0.1) is 0 Å². The van der Waals surface area contributed by atoms with Crippen LogP contribution in [0.3, 0.4) is 0 Å². The number of likely N-dealkylation sites (N-methyl/N-ethyl adjacent to an activating group) is 1. The first-order chi connectivity index (χ1) is 10.4. The summed E-state index contributed by atoms with van der Waals surface area (Å²) in [6.07, 6.45) is 12.3. The standard InChI is InChI=1S/C16H32N2O3S/c1-3-16(19)18(2)14-12-10-8-6-4-5-7-9-11-13-15-22(17,20)21/h3H,1,4-15H2,2H3,(H2,17,20,21). The lowest BCUT2D eigenvalue weighted by Gasteiger charge is -2.14. The molecule has 0 rings (SSSR count). The molecule has 130 valence electrons. The van der Waals surface area contributed by atoms with Crippen LogP contribution >= 0.6 is 0 Å². The van der Waals surface area contributed by atoms with Crippen LogP contribution in [0.2, 0.25) is 0 Å². The first-order valence-corrected chi connectivity index (χ1v) is 9.96. The molecule has 1 amide bonds. The largest absolute Gasteiger partial charge is 0.342 e. The monoisotopic (exact) mass is 332 g/mol. The van der Waals surface area contributed by atoms with E-state index in [-0.39, 0.29) is 11.7 Å². The zero-order valence-electron chi connectivity index (χ0n) is 13.9. The highest BCUT2D eigenvalue weighted by atomic mass is 32.2. The van der Waals surface area contributed by atoms with E-state index >= 15 is 0 Å². The molecule has 0 fully saturated rings. The predicted molar refractivity (Wildman–Crippen MR) is 92.0 cm³/mol. The van der Waals surface area contributed by atoms with E-state index in [0.717, 1.165) is 32.2 Å². The van der Waals surface area contributed by atoms with Gasteiger partial charge in [0, 0.05) is 13.6 Å². The quantitative estimate of drug-likeness (QED) is 0.392. The molecule has 0 aliphatic rings. The van der Waals surface area contributed by atoms with Crippen molar-refractivity contribution >= 4 is 15.9 Å². The highest BCUT2D eigenvalue weighted by molar-refractivity contribution is 7.89. The van der Waals surface area contributed by atoms with Crippen LogP contribution in [0.1, 0.15) is 64.2 Å². The minimum Gasteiger partial charge on any atom is -0.342 e. The normalized spacial score (nSPS) is 11.4. The third kappa shape index (κ3) is 14.1. The van der Waals surface area contributed by atoms with Crippen molar-refractivity contribution in [1.29, 1.82) is 0 Å². The van der Waals surface area contributed by atoms with Gasteiger partial charge in [0.15, 0.2) is 0 Å². The van der Waals surface area contributed by atoms with Crippen LogP contribution in [0.15, 0.2) is 12.7 Å². The molecular weight excluding hydrogens is 300 g/mol. The Kier molecular flexibility index (Phi) is 12.1. The van der Waals surface area contributed by atoms with Crippen LogP contribution in [0.4, 0.5) is 0 Å². The Hall–Kier alpha value is -0.880. The number of carbonyl (C=O) groups is 1. The van der Waals surface area contributed by atoms with Gasteiger partial charge >= 0.3 is 0 Å². The molecule has 0 aromatic heterocycles. The zero-order valence-corrected chi connectivity index (χ0v) is 14.7. The van der Waals surface area contributed by atoms with Crippen molar-refractivity contribution in [3.63, 3.8) is 0 Å². The van der Waals surface area contributed by atoms with Crippen molar-refractivity contribution in [3.8, 4) is 0 Å². The number of carbonyl (C=O) groups excluding carboxylic acids is 1. The summed E-state index contributed by atoms with van der Waals surface area (Å²) < 4.78 is 21.5. The average molecular weight is 333 g/mol. The van der Waals surface area contributed by atoms with Crippen LogP contribution in [0.25, 0.3) is 0 Å². The van der Waals surface area contributed by atoms with Crippen molar-refractivity contribution in [3.05, 3.63) is 12.7 Å². The molecule has 0 aliphatic heterocycles. The minimum atomic E-state index is -3.28. The van der Waals surface area contributed by atoms with Crippen LogP contribution < -0.4 is 5.14 Å². The molecule has 0 saturated heterocycles. The maximum absolute atomic E-state index is 11.2. The lowest BCUT2D eigenvalue weighted by molar-refractivity contribution is -0.124. The predicted octanol–water partition coefficient (Wildman–Crippen LogP) is 2.82. The first-order valence-electron chi connectivity index (χ1n) is 8.25. The van der Waals surface area contributed by atoms with Gasteiger partial charge in [0.25, 0.3) is 0 Å². The fourth-order valence-electron chi connectivity index (χ4n) is 2.33. The molecule has 0 unspecified atom stereocenters. The van der Waals surface area contributed by atoms with E-state index in [2.05, 4.69) is 6.58 Å². The van der Waals surface area contributed by atoms with E-state index in [1.807, 2.05) is 0 Å². The lowest BCUT2D eigenvalue weighted by Crippen LogP contribution is -2.25. The molecular formula is C16H32N2O3S. The van der Waals surface area contributed by atoms with Crippen LogP contribution in [-0.4, -0.2) is 38.6 Å². The topological polar surface area (TPSA) is 80.5 Å². The highest BCUT2D eigenvalue weighted by Gasteiger charge is 2.03. The van der Waals surface area contributed by atoms with E-state index in [0.29, 0.717) is 6.42 Å². The third-order valence-corrected chi connectivity index (χ3v) is 4.58. The molecule has 5 nitrogen and oxygen atoms in total. The van der Waals surface area contributed by atoms with Gasteiger partial charge < -0.3 is 4.90 Å². The Morgan fingerprint density at radius 3 is 1.77 bits per heavy atom. The number of primary sulfonamides is 1. The summed E-state index contributed by atoms with van der Waals surface area (Å²) in [6, 6.07) is 0. The number of hydrogen-bond donors (Lipinski definition) is 1. The number of unbranched alkanes of at least 4 members (excludes halogenated alkanes) is 9. The summed E-state index contributed by atoms with van der Waals surface area (Å²) >= 11 is 0. The molecule has 0 aromatic carbocycles. The summed E-state index contributed by atoms with van der Waals surface area (Å²) in [6.45, 7) is 4.27. The molecule has 22 heavy (non-hydrogen) atoms. The SMILES string of the molecule is C=CC(=O)N(C)CCCCCCCCCCCCS(N)(=O)=O. The van der Waals surface area contributed by atoms with Crippen LogP contribution in [-0.2, 0) is 14.8 Å². The molecule has 0 bridgehead atoms. The molecule has 0 radical (unpaired) electrons. The zero-order chi connectivity index (χ0) is 16.8. The summed E-state index contributed by atoms with van der Waals surface area (Å²) in [7, 11) is -1.47. The van der Waals surface area contributed by atoms with E-state index in [4.69, 9.17) is 5.14 Å². The molecule has 0 aliphatic carbocycles. The summed E-state index contributed by atoms with van der Waals surface area (Å²) in [5.41, 5.74) is 0. The maximum atomic E-state index is 11.2. The van der Waals surface area contributed by atoms with E-state index < -0.39 is 10.0 Å². The molecule has 0 atom stereocenters. The molecule has 6 heteroatoms. The van der Waals surface area contributed by atoms with Gasteiger partial charge in [-0.25, -0.2) is 13.6 Å². The van der Waals surface area contributed by atoms with Crippen LogP contribution in [0, 0.1) is 0 Å². The Morgan fingerprint density at radius 2 is 1.36 bits per heavy atom. The maximum Gasteiger partial charge on any atom is 0.245 e. The second kappa shape index (κ2) is 12.6. The van der Waals surface area contributed by atoms with Crippen molar-refractivity contribution in [2.75, 3.05) is 19.3 Å². The van der Waals surface area contributed by atoms with Crippen molar-refractivity contribution in [2.24, 2.45) is 5.14 Å². The second-order valence-electron chi connectivity index (χ2n) is 5.87. The van der Waals surface area contributed by atoms with Crippen molar-refractivity contribution < 1.29 is 13.2 Å². The number of nitrogens with two attached hydrogens (primary N) is 1. The lowest BCUT2D eigenvalue weighted by atomic mass is 10.1. The summed E-state index contributed by atoms with van der Waals surface area (Å²) in [5.74, 6) is 0.0953.